The van der Waals surface area contributed by atoms with Crippen molar-refractivity contribution in [1.82, 2.24) is 5.32 Å². The van der Waals surface area contributed by atoms with Gasteiger partial charge in [0.05, 0.1) is 5.56 Å². The number of amides is 1. The summed E-state index contributed by atoms with van der Waals surface area (Å²) in [6.07, 6.45) is 3.49. The van der Waals surface area contributed by atoms with Gasteiger partial charge in [0, 0.05) is 18.8 Å². The number of anilines is 1. The lowest BCUT2D eigenvalue weighted by molar-refractivity contribution is 0.0947. The lowest BCUT2D eigenvalue weighted by Crippen LogP contribution is -2.31. The zero-order valence-corrected chi connectivity index (χ0v) is 13.9. The highest BCUT2D eigenvalue weighted by molar-refractivity contribution is 7.99. The Morgan fingerprint density at radius 3 is 2.81 bits per heavy atom. The summed E-state index contributed by atoms with van der Waals surface area (Å²) in [6.45, 7) is 5.85. The average Bonchev–Trinajstić information content (AvgIpc) is 2.52. The first-order chi connectivity index (χ1) is 10.2. The number of thioether (sulfide) groups is 1. The molecule has 0 unspecified atom stereocenters. The molecule has 0 saturated carbocycles. The van der Waals surface area contributed by atoms with Gasteiger partial charge in [-0.05, 0) is 55.7 Å². The third-order valence-corrected chi connectivity index (χ3v) is 4.93. The molecule has 0 bridgehead atoms. The van der Waals surface area contributed by atoms with Gasteiger partial charge in [0.15, 0.2) is 0 Å². The molecule has 4 heteroatoms. The highest BCUT2D eigenvalue weighted by atomic mass is 32.2. The van der Waals surface area contributed by atoms with Crippen LogP contribution in [0.25, 0.3) is 0 Å². The molecule has 1 heterocycles. The number of carbonyl (C=O) groups is 1. The van der Waals surface area contributed by atoms with Crippen LogP contribution in [0.4, 0.5) is 5.69 Å². The van der Waals surface area contributed by atoms with Crippen LogP contribution in [-0.2, 0) is 0 Å². The van der Waals surface area contributed by atoms with Gasteiger partial charge in [-0.3, -0.25) is 4.79 Å². The second-order valence-electron chi connectivity index (χ2n) is 5.74. The molecule has 0 aliphatic carbocycles. The molecule has 116 valence electrons. The average molecular weight is 306 g/mol. The van der Waals surface area contributed by atoms with Crippen molar-refractivity contribution < 1.29 is 4.79 Å². The molecular formula is C17H26N2OS. The minimum Gasteiger partial charge on any atom is -0.384 e. The Morgan fingerprint density at radius 1 is 1.33 bits per heavy atom. The molecule has 1 aliphatic rings. The van der Waals surface area contributed by atoms with E-state index in [0.29, 0.717) is 5.92 Å². The third kappa shape index (κ3) is 4.95. The van der Waals surface area contributed by atoms with E-state index in [9.17, 15) is 4.79 Å². The van der Waals surface area contributed by atoms with Gasteiger partial charge >= 0.3 is 0 Å². The maximum absolute atomic E-state index is 12.5. The molecule has 21 heavy (non-hydrogen) atoms. The number of rotatable bonds is 6. The quantitative estimate of drug-likeness (QED) is 0.842. The standard InChI is InChI=1S/C17H26N2OS/c1-3-8-18-16-5-4-13(2)11-15(16)17(20)19-12-14-6-9-21-10-7-14/h4-5,11,14,18H,3,6-10,12H2,1-2H3,(H,19,20). The van der Waals surface area contributed by atoms with Crippen LogP contribution in [0.2, 0.25) is 0 Å². The normalized spacial score (nSPS) is 15.7. The number of hydrogen-bond acceptors (Lipinski definition) is 3. The second-order valence-corrected chi connectivity index (χ2v) is 6.97. The van der Waals surface area contributed by atoms with Crippen molar-refractivity contribution >= 4 is 23.4 Å². The number of aryl methyl sites for hydroxylation is 1. The Balaban J connectivity index is 1.97. The molecule has 1 saturated heterocycles. The number of carbonyl (C=O) groups excluding carboxylic acids is 1. The summed E-state index contributed by atoms with van der Waals surface area (Å²) in [7, 11) is 0. The first-order valence-electron chi connectivity index (χ1n) is 7.91. The van der Waals surface area contributed by atoms with E-state index in [0.717, 1.165) is 36.3 Å². The molecule has 0 aromatic heterocycles. The molecule has 2 rings (SSSR count). The van der Waals surface area contributed by atoms with Crippen molar-refractivity contribution in [1.29, 1.82) is 0 Å². The van der Waals surface area contributed by atoms with Crippen molar-refractivity contribution in [3.63, 3.8) is 0 Å². The Bertz CT molecular complexity index is 470. The van der Waals surface area contributed by atoms with Crippen LogP contribution >= 0.6 is 11.8 Å². The summed E-state index contributed by atoms with van der Waals surface area (Å²) in [5, 5.41) is 6.47. The highest BCUT2D eigenvalue weighted by Crippen LogP contribution is 2.22. The fraction of sp³-hybridized carbons (Fsp3) is 0.588. The third-order valence-electron chi connectivity index (χ3n) is 3.88. The van der Waals surface area contributed by atoms with Gasteiger partial charge in [-0.15, -0.1) is 0 Å². The summed E-state index contributed by atoms with van der Waals surface area (Å²) in [4.78, 5) is 12.5. The first-order valence-corrected chi connectivity index (χ1v) is 9.06. The molecule has 1 amide bonds. The van der Waals surface area contributed by atoms with Gasteiger partial charge in [0.1, 0.15) is 0 Å². The van der Waals surface area contributed by atoms with E-state index in [2.05, 4.69) is 17.6 Å². The molecule has 0 spiro atoms. The molecule has 1 aromatic rings. The van der Waals surface area contributed by atoms with E-state index in [1.165, 1.54) is 24.3 Å². The topological polar surface area (TPSA) is 41.1 Å². The second kappa shape index (κ2) is 8.32. The van der Waals surface area contributed by atoms with E-state index in [-0.39, 0.29) is 5.91 Å². The minimum atomic E-state index is 0.0514. The summed E-state index contributed by atoms with van der Waals surface area (Å²) < 4.78 is 0. The van der Waals surface area contributed by atoms with Gasteiger partial charge in [0.2, 0.25) is 0 Å². The van der Waals surface area contributed by atoms with Crippen LogP contribution in [0.5, 0.6) is 0 Å². The van der Waals surface area contributed by atoms with E-state index in [4.69, 9.17) is 0 Å². The van der Waals surface area contributed by atoms with Crippen LogP contribution in [0.1, 0.15) is 42.1 Å². The fourth-order valence-corrected chi connectivity index (χ4v) is 3.75. The van der Waals surface area contributed by atoms with Gasteiger partial charge in [-0.1, -0.05) is 18.6 Å². The van der Waals surface area contributed by atoms with E-state index < -0.39 is 0 Å². The Morgan fingerprint density at radius 2 is 2.10 bits per heavy atom. The van der Waals surface area contributed by atoms with Crippen LogP contribution in [0.3, 0.4) is 0 Å². The summed E-state index contributed by atoms with van der Waals surface area (Å²) in [5.74, 6) is 3.16. The van der Waals surface area contributed by atoms with Crippen molar-refractivity contribution in [2.75, 3.05) is 29.9 Å². The number of nitrogens with one attached hydrogen (secondary N) is 2. The molecular weight excluding hydrogens is 280 g/mol. The first kappa shape index (κ1) is 16.2. The van der Waals surface area contributed by atoms with Gasteiger partial charge < -0.3 is 10.6 Å². The van der Waals surface area contributed by atoms with E-state index >= 15 is 0 Å². The van der Waals surface area contributed by atoms with Crippen LogP contribution in [-0.4, -0.2) is 30.5 Å². The monoisotopic (exact) mass is 306 g/mol. The molecule has 3 nitrogen and oxygen atoms in total. The molecule has 0 atom stereocenters. The van der Waals surface area contributed by atoms with E-state index in [1.807, 2.05) is 36.9 Å². The largest absolute Gasteiger partial charge is 0.384 e. The zero-order chi connectivity index (χ0) is 15.1. The Kier molecular flexibility index (Phi) is 6.43. The fourth-order valence-electron chi connectivity index (χ4n) is 2.54. The van der Waals surface area contributed by atoms with Gasteiger partial charge in [-0.25, -0.2) is 0 Å². The van der Waals surface area contributed by atoms with Crippen LogP contribution in [0, 0.1) is 12.8 Å². The molecule has 2 N–H and O–H groups in total. The van der Waals surface area contributed by atoms with Crippen molar-refractivity contribution in [3.05, 3.63) is 29.3 Å². The highest BCUT2D eigenvalue weighted by Gasteiger charge is 2.16. The van der Waals surface area contributed by atoms with Crippen molar-refractivity contribution in [2.45, 2.75) is 33.1 Å². The predicted octanol–water partition coefficient (Wildman–Crippen LogP) is 3.69. The minimum absolute atomic E-state index is 0.0514. The van der Waals surface area contributed by atoms with Crippen LogP contribution < -0.4 is 10.6 Å². The van der Waals surface area contributed by atoms with Crippen molar-refractivity contribution in [3.8, 4) is 0 Å². The number of benzene rings is 1. The van der Waals surface area contributed by atoms with Crippen LogP contribution in [0.15, 0.2) is 18.2 Å². The lowest BCUT2D eigenvalue weighted by Gasteiger charge is -2.22. The van der Waals surface area contributed by atoms with E-state index in [1.54, 1.807) is 0 Å². The number of hydrogen-bond donors (Lipinski definition) is 2. The lowest BCUT2D eigenvalue weighted by atomic mass is 10.0. The molecule has 1 aliphatic heterocycles. The smallest absolute Gasteiger partial charge is 0.253 e. The Labute approximate surface area is 132 Å². The zero-order valence-electron chi connectivity index (χ0n) is 13.1. The van der Waals surface area contributed by atoms with Crippen molar-refractivity contribution in [2.24, 2.45) is 5.92 Å². The molecule has 1 fully saturated rings. The van der Waals surface area contributed by atoms with Gasteiger partial charge in [0.25, 0.3) is 5.91 Å². The maximum Gasteiger partial charge on any atom is 0.253 e. The summed E-state index contributed by atoms with van der Waals surface area (Å²) in [5.41, 5.74) is 2.84. The SMILES string of the molecule is CCCNc1ccc(C)cc1C(=O)NCC1CCSCC1. The molecule has 1 aromatic carbocycles. The predicted molar refractivity (Wildman–Crippen MR) is 92.3 cm³/mol. The molecule has 0 radical (unpaired) electrons. The van der Waals surface area contributed by atoms with Gasteiger partial charge in [-0.2, -0.15) is 11.8 Å². The summed E-state index contributed by atoms with van der Waals surface area (Å²) in [6, 6.07) is 6.04. The Hall–Kier alpha value is -1.16. The maximum atomic E-state index is 12.5. The summed E-state index contributed by atoms with van der Waals surface area (Å²) >= 11 is 2.02.